The first-order valence-corrected chi connectivity index (χ1v) is 2.30. The fourth-order valence-electron chi connectivity index (χ4n) is 0.493. The molecule has 1 aliphatic rings. The Hall–Kier alpha value is -0.710. The van der Waals surface area contributed by atoms with Gasteiger partial charge in [0.2, 0.25) is 0 Å². The first-order chi connectivity index (χ1) is 4.11. The molecule has 1 radical (unpaired) electrons. The van der Waals surface area contributed by atoms with Crippen molar-refractivity contribution in [2.45, 2.75) is 6.18 Å². The zero-order valence-corrected chi connectivity index (χ0v) is 4.37. The molecule has 1 rings (SSSR count). The summed E-state index contributed by atoms with van der Waals surface area (Å²) in [6.07, 6.45) is -3.26. The van der Waals surface area contributed by atoms with Crippen molar-refractivity contribution in [2.24, 2.45) is 0 Å². The zero-order chi connectivity index (χ0) is 6.91. The molecule has 0 unspecified atom stereocenters. The molecule has 0 atom stereocenters. The van der Waals surface area contributed by atoms with Gasteiger partial charge in [-0.2, -0.15) is 13.2 Å². The summed E-state index contributed by atoms with van der Waals surface area (Å²) in [5.41, 5.74) is 4.36. The lowest BCUT2D eigenvalue weighted by molar-refractivity contribution is -0.0966. The van der Waals surface area contributed by atoms with Crippen molar-refractivity contribution in [2.75, 3.05) is 6.54 Å². The van der Waals surface area contributed by atoms with Crippen LogP contribution in [0.25, 0.3) is 0 Å². The molecule has 0 aliphatic carbocycles. The van der Waals surface area contributed by atoms with E-state index in [1.165, 1.54) is 0 Å². The summed E-state index contributed by atoms with van der Waals surface area (Å²) in [6.45, 7) is 0.106. The number of alkyl halides is 3. The largest absolute Gasteiger partial charge is 0.432 e. The van der Waals surface area contributed by atoms with Crippen LogP contribution in [0.15, 0.2) is 11.8 Å². The smallest absolute Gasteiger partial charge is 0.300 e. The number of rotatable bonds is 0. The number of nitrogens with zero attached hydrogens (tertiary/aromatic N) is 1. The third-order valence-corrected chi connectivity index (χ3v) is 0.892. The standard InChI is InChI=1S/C4H4F3N2/c5-4(6,7)3-1-2-8-9-3/h1,9H,2H2. The summed E-state index contributed by atoms with van der Waals surface area (Å²) >= 11 is 0. The van der Waals surface area contributed by atoms with Gasteiger partial charge in [0.15, 0.2) is 0 Å². The van der Waals surface area contributed by atoms with Gasteiger partial charge in [-0.1, -0.05) is 0 Å². The van der Waals surface area contributed by atoms with Gasteiger partial charge in [-0.25, -0.2) is 0 Å². The molecule has 0 aromatic heterocycles. The Kier molecular flexibility index (Phi) is 1.36. The van der Waals surface area contributed by atoms with Gasteiger partial charge in [-0.05, 0) is 6.08 Å². The maximum Gasteiger partial charge on any atom is 0.432 e. The Morgan fingerprint density at radius 2 is 2.22 bits per heavy atom. The fourth-order valence-corrected chi connectivity index (χ4v) is 0.493. The normalized spacial score (nSPS) is 19.2. The van der Waals surface area contributed by atoms with Crippen LogP contribution in [0.4, 0.5) is 13.2 Å². The molecule has 0 bridgehead atoms. The summed E-state index contributed by atoms with van der Waals surface area (Å²) in [5, 5.41) is 0. The number of allylic oxidation sites excluding steroid dienone is 1. The molecular formula is C4H4F3N2. The maximum atomic E-state index is 11.6. The Bertz CT molecular complexity index is 137. The average Bonchev–Trinajstić information content (AvgIpc) is 2.08. The highest BCUT2D eigenvalue weighted by Gasteiger charge is 2.35. The van der Waals surface area contributed by atoms with Crippen molar-refractivity contribution in [3.8, 4) is 0 Å². The van der Waals surface area contributed by atoms with Gasteiger partial charge in [-0.3, -0.25) is 5.43 Å². The van der Waals surface area contributed by atoms with E-state index < -0.39 is 11.9 Å². The van der Waals surface area contributed by atoms with Gasteiger partial charge in [0.25, 0.3) is 0 Å². The van der Waals surface area contributed by atoms with E-state index in [4.69, 9.17) is 0 Å². The van der Waals surface area contributed by atoms with Gasteiger partial charge in [-0.15, -0.1) is 5.43 Å². The third kappa shape index (κ3) is 1.35. The minimum Gasteiger partial charge on any atom is -0.300 e. The molecule has 1 heterocycles. The Morgan fingerprint density at radius 1 is 1.56 bits per heavy atom. The number of nitrogens with one attached hydrogen (secondary N) is 1. The van der Waals surface area contributed by atoms with Crippen LogP contribution in [0.2, 0.25) is 0 Å². The minimum atomic E-state index is -4.26. The molecule has 0 spiro atoms. The molecule has 1 aliphatic heterocycles. The molecule has 9 heavy (non-hydrogen) atoms. The van der Waals surface area contributed by atoms with Crippen LogP contribution in [0.3, 0.4) is 0 Å². The van der Waals surface area contributed by atoms with Crippen molar-refractivity contribution in [1.29, 1.82) is 0 Å². The van der Waals surface area contributed by atoms with Gasteiger partial charge in [0, 0.05) is 0 Å². The number of hydrogen-bond donors (Lipinski definition) is 1. The summed E-state index contributed by atoms with van der Waals surface area (Å²) in [4.78, 5) is 0. The second kappa shape index (κ2) is 1.91. The van der Waals surface area contributed by atoms with Crippen LogP contribution in [-0.2, 0) is 0 Å². The molecule has 0 aromatic rings. The Morgan fingerprint density at radius 3 is 2.44 bits per heavy atom. The first kappa shape index (κ1) is 6.41. The van der Waals surface area contributed by atoms with Crippen LogP contribution in [0.5, 0.6) is 0 Å². The molecule has 0 fully saturated rings. The van der Waals surface area contributed by atoms with Gasteiger partial charge in [0.05, 0.1) is 6.54 Å². The Balaban J connectivity index is 2.61. The van der Waals surface area contributed by atoms with Crippen molar-refractivity contribution in [3.05, 3.63) is 11.8 Å². The number of halogens is 3. The fraction of sp³-hybridized carbons (Fsp3) is 0.500. The van der Waals surface area contributed by atoms with Crippen LogP contribution in [0, 0.1) is 0 Å². The highest BCUT2D eigenvalue weighted by Crippen LogP contribution is 2.23. The lowest BCUT2D eigenvalue weighted by Crippen LogP contribution is -2.25. The van der Waals surface area contributed by atoms with E-state index in [0.717, 1.165) is 6.08 Å². The van der Waals surface area contributed by atoms with Crippen molar-refractivity contribution in [3.63, 3.8) is 0 Å². The molecule has 0 amide bonds. The van der Waals surface area contributed by atoms with Crippen LogP contribution >= 0.6 is 0 Å². The first-order valence-electron chi connectivity index (χ1n) is 2.30. The van der Waals surface area contributed by atoms with Crippen LogP contribution in [0.1, 0.15) is 0 Å². The molecule has 2 nitrogen and oxygen atoms in total. The van der Waals surface area contributed by atoms with Crippen molar-refractivity contribution < 1.29 is 13.2 Å². The van der Waals surface area contributed by atoms with Gasteiger partial charge < -0.3 is 0 Å². The van der Waals surface area contributed by atoms with E-state index >= 15 is 0 Å². The maximum absolute atomic E-state index is 11.6. The highest BCUT2D eigenvalue weighted by molar-refractivity contribution is 5.10. The zero-order valence-electron chi connectivity index (χ0n) is 4.37. The van der Waals surface area contributed by atoms with E-state index in [-0.39, 0.29) is 6.54 Å². The van der Waals surface area contributed by atoms with E-state index in [2.05, 4.69) is 5.43 Å². The second-order valence-electron chi connectivity index (χ2n) is 1.57. The molecule has 0 saturated heterocycles. The number of hydrogen-bond acceptors (Lipinski definition) is 1. The lowest BCUT2D eigenvalue weighted by Gasteiger charge is -2.05. The Labute approximate surface area is 49.7 Å². The highest BCUT2D eigenvalue weighted by atomic mass is 19.4. The molecule has 0 aromatic carbocycles. The summed E-state index contributed by atoms with van der Waals surface area (Å²) in [5.74, 6) is 0. The SMILES string of the molecule is FC(F)(F)C1=CC[N]N1. The summed E-state index contributed by atoms with van der Waals surface area (Å²) in [6, 6.07) is 0. The van der Waals surface area contributed by atoms with E-state index in [9.17, 15) is 13.2 Å². The third-order valence-electron chi connectivity index (χ3n) is 0.892. The monoisotopic (exact) mass is 137 g/mol. The molecule has 5 heteroatoms. The predicted octanol–water partition coefficient (Wildman–Crippen LogP) is 0.555. The predicted molar refractivity (Wildman–Crippen MR) is 24.3 cm³/mol. The quantitative estimate of drug-likeness (QED) is 0.518. The van der Waals surface area contributed by atoms with E-state index in [1.54, 1.807) is 0 Å². The lowest BCUT2D eigenvalue weighted by atomic mass is 10.4. The van der Waals surface area contributed by atoms with E-state index in [1.807, 2.05) is 5.43 Å². The van der Waals surface area contributed by atoms with Crippen LogP contribution < -0.4 is 10.9 Å². The second-order valence-corrected chi connectivity index (χ2v) is 1.57. The van der Waals surface area contributed by atoms with Crippen molar-refractivity contribution in [1.82, 2.24) is 10.9 Å². The summed E-state index contributed by atoms with van der Waals surface area (Å²) < 4.78 is 34.7. The summed E-state index contributed by atoms with van der Waals surface area (Å²) in [7, 11) is 0. The van der Waals surface area contributed by atoms with Gasteiger partial charge >= 0.3 is 6.18 Å². The molecular weight excluding hydrogens is 133 g/mol. The minimum absolute atomic E-state index is 0.106. The van der Waals surface area contributed by atoms with Crippen LogP contribution in [-0.4, -0.2) is 12.7 Å². The molecule has 51 valence electrons. The molecule has 0 saturated carbocycles. The molecule has 1 N–H and O–H groups in total. The van der Waals surface area contributed by atoms with E-state index in [0.29, 0.717) is 0 Å². The van der Waals surface area contributed by atoms with Crippen molar-refractivity contribution >= 4 is 0 Å². The average molecular weight is 137 g/mol. The topological polar surface area (TPSA) is 26.1 Å². The van der Waals surface area contributed by atoms with Gasteiger partial charge in [0.1, 0.15) is 5.70 Å².